The molecule has 0 radical (unpaired) electrons. The Morgan fingerprint density at radius 1 is 0.893 bits per heavy atom. The van der Waals surface area contributed by atoms with Gasteiger partial charge in [0.25, 0.3) is 0 Å². The number of aromatic amines is 1. The van der Waals surface area contributed by atoms with Gasteiger partial charge in [0.05, 0.1) is 29.2 Å². The molecule has 8 rings (SSSR count). The zero-order chi connectivity index (χ0) is 53.8. The third kappa shape index (κ3) is 9.19. The first-order chi connectivity index (χ1) is 33.0. The SMILES string of the molecule is [2H]C1([2H])C([2H])([2H])C([2H])([2H])C([2H])([C@@H](C[N+]#[C-])n2cc(-c3ncnc4[nH]ccc34)cn2)C1([2H])[2H].[2H]C1([2H])C([2H])([2H])C([2H])([2H])C([2H])([C@@H](C[N+]#[C-])n2cc(-c3ncnc4c3ccn4COC(=O)C(C)(C)C)cn2)C1([2H])[2H].[Na+].[OH-]. The number of esters is 1. The van der Waals surface area contributed by atoms with Crippen molar-refractivity contribution in [3.05, 3.63) is 84.8 Å². The van der Waals surface area contributed by atoms with Crippen LogP contribution in [0.3, 0.4) is 0 Å². The van der Waals surface area contributed by atoms with Crippen LogP contribution in [0.1, 0.15) is 109 Å². The fraction of sp³-hybridized carbons (Fsp3) is 0.475. The Labute approximate surface area is 373 Å². The van der Waals surface area contributed by atoms with Crippen LogP contribution in [0.4, 0.5) is 0 Å². The Bertz CT molecular complexity index is 3100. The molecule has 0 bridgehead atoms. The van der Waals surface area contributed by atoms with Crippen molar-refractivity contribution >= 4 is 28.0 Å². The van der Waals surface area contributed by atoms with Gasteiger partial charge in [0.2, 0.25) is 13.1 Å². The van der Waals surface area contributed by atoms with Crippen LogP contribution in [0, 0.1) is 30.3 Å². The van der Waals surface area contributed by atoms with Gasteiger partial charge in [0.15, 0.2) is 6.73 Å². The quantitative estimate of drug-likeness (QED) is 0.116. The van der Waals surface area contributed by atoms with Gasteiger partial charge in [-0.25, -0.2) is 33.1 Å². The number of fused-ring (bicyclic) bond motifs is 2. The summed E-state index contributed by atoms with van der Waals surface area (Å²) in [4.78, 5) is 38.5. The van der Waals surface area contributed by atoms with Crippen LogP contribution < -0.4 is 29.6 Å². The number of nitrogens with one attached hydrogen (secondary N) is 1. The van der Waals surface area contributed by atoms with E-state index in [-0.39, 0.29) is 41.8 Å². The maximum absolute atomic E-state index is 12.2. The molecule has 0 amide bonds. The second-order valence-corrected chi connectivity index (χ2v) is 13.0. The van der Waals surface area contributed by atoms with Gasteiger partial charge in [-0.1, -0.05) is 25.5 Å². The number of ether oxygens (including phenoxy) is 1. The maximum atomic E-state index is 12.2. The van der Waals surface area contributed by atoms with E-state index in [1.165, 1.54) is 37.4 Å². The average Bonchev–Trinajstić information content (AvgIpc) is 4.16. The zero-order valence-electron chi connectivity index (χ0n) is 48.7. The van der Waals surface area contributed by atoms with Gasteiger partial charge in [-0.2, -0.15) is 10.2 Å². The molecule has 16 heteroatoms. The average molecular weight is 785 g/mol. The van der Waals surface area contributed by atoms with Crippen molar-refractivity contribution in [1.82, 2.24) is 49.0 Å². The van der Waals surface area contributed by atoms with Gasteiger partial charge in [-0.3, -0.25) is 18.7 Å². The standard InChI is InChI=1S/C23H28N6O2.C17H18N6.Na.H2O/c1-23(2,3)22(30)31-15-28-10-9-18-20(25-14-26-21(18)28)17-11-27-29(13-17)19(12-24-4)16-7-5-6-8-16;1-18-9-15(12-4-2-3-5-12)23-10-13(8-22-23)16-14-6-7-19-17(14)21-11-20-16;;/h9-11,13-14,16,19H,5-8,12,15H2,1-3H3;6-8,10-12,15H,2-5,9H2,(H,19,20,21);;1H2/q;;+1;/p-1/t19-;15-;;/m11../s1/i5D2,6D2,7D2,8D2,16D;2D2,3D2,4D2,5D2,12D;;. The molecular weight excluding hydrogens is 720 g/mol. The third-order valence-corrected chi connectivity index (χ3v) is 8.35. The number of hydrogen-bond donors (Lipinski definition) is 1. The molecule has 15 nitrogen and oxygen atoms in total. The van der Waals surface area contributed by atoms with E-state index in [9.17, 15) is 4.79 Å². The molecule has 56 heavy (non-hydrogen) atoms. The minimum atomic E-state index is -3.39. The summed E-state index contributed by atoms with van der Waals surface area (Å²) in [5.74, 6) is -6.50. The maximum Gasteiger partial charge on any atom is 1.00 e. The van der Waals surface area contributed by atoms with Gasteiger partial charge in [-0.05, 0) is 70.2 Å². The summed E-state index contributed by atoms with van der Waals surface area (Å²) in [5.41, 5.74) is 1.90. The Balaban J connectivity index is 0.000000273. The second-order valence-electron chi connectivity index (χ2n) is 13.0. The molecule has 2 aliphatic carbocycles. The van der Waals surface area contributed by atoms with Crippen LogP contribution in [-0.2, 0) is 16.3 Å². The molecule has 0 spiro atoms. The topological polar surface area (TPSA) is 173 Å². The fourth-order valence-electron chi connectivity index (χ4n) is 5.62. The number of H-pyrrole nitrogens is 1. The molecule has 2 saturated carbocycles. The van der Waals surface area contributed by atoms with E-state index >= 15 is 0 Å². The number of rotatable bonds is 10. The Hall–Kier alpha value is -4.93. The van der Waals surface area contributed by atoms with Gasteiger partial charge >= 0.3 is 35.5 Å². The predicted octanol–water partition coefficient (Wildman–Crippen LogP) is 4.79. The van der Waals surface area contributed by atoms with Gasteiger partial charge in [0, 0.05) is 71.4 Å². The van der Waals surface area contributed by atoms with Gasteiger partial charge < -0.3 is 24.9 Å². The summed E-state index contributed by atoms with van der Waals surface area (Å²) in [7, 11) is 0. The van der Waals surface area contributed by atoms with Crippen molar-refractivity contribution in [2.45, 2.75) is 90.6 Å². The van der Waals surface area contributed by atoms with Crippen molar-refractivity contribution in [2.24, 2.45) is 17.2 Å². The van der Waals surface area contributed by atoms with Gasteiger partial charge in [-0.15, -0.1) is 0 Å². The molecule has 2 N–H and O–H groups in total. The van der Waals surface area contributed by atoms with Crippen molar-refractivity contribution in [1.29, 1.82) is 0 Å². The third-order valence-electron chi connectivity index (χ3n) is 8.35. The van der Waals surface area contributed by atoms with E-state index < -0.39 is 99.3 Å². The number of hydrogen-bond acceptors (Lipinski definition) is 9. The van der Waals surface area contributed by atoms with Gasteiger partial charge in [0.1, 0.15) is 36.0 Å². The molecule has 6 heterocycles. The van der Waals surface area contributed by atoms with E-state index in [2.05, 4.69) is 44.8 Å². The molecule has 0 aromatic carbocycles. The van der Waals surface area contributed by atoms with E-state index in [0.29, 0.717) is 44.6 Å². The molecule has 2 aliphatic rings. The number of carbonyl (C=O) groups is 1. The monoisotopic (exact) mass is 784 g/mol. The van der Waals surface area contributed by atoms with E-state index in [0.717, 1.165) is 9.36 Å². The molecule has 2 fully saturated rings. The Kier molecular flexibility index (Phi) is 8.05. The summed E-state index contributed by atoms with van der Waals surface area (Å²) in [6.07, 6.45) is -15.4. The molecule has 2 atom stereocenters. The normalized spacial score (nSPS) is 28.7. The van der Waals surface area contributed by atoms with Crippen LogP contribution in [0.15, 0.2) is 62.0 Å². The first-order valence-corrected chi connectivity index (χ1v) is 16.5. The summed E-state index contributed by atoms with van der Waals surface area (Å²) in [6, 6.07) is 0.0967. The van der Waals surface area contributed by atoms with Crippen LogP contribution in [-0.4, -0.2) is 73.6 Å². The summed E-state index contributed by atoms with van der Waals surface area (Å²) in [5, 5.41) is 9.49. The molecule has 6 aromatic rings. The summed E-state index contributed by atoms with van der Waals surface area (Å²) < 4.78 is 158. The number of nitrogens with zero attached hydrogens (tertiary/aromatic N) is 11. The minimum Gasteiger partial charge on any atom is -0.870 e. The Morgan fingerprint density at radius 3 is 1.96 bits per heavy atom. The minimum absolute atomic E-state index is 0. The van der Waals surface area contributed by atoms with E-state index in [4.69, 9.17) is 42.6 Å². The summed E-state index contributed by atoms with van der Waals surface area (Å²) in [6.45, 7) is 18.5. The van der Waals surface area contributed by atoms with Crippen LogP contribution in [0.5, 0.6) is 0 Å². The molecule has 286 valence electrons. The smallest absolute Gasteiger partial charge is 0.870 e. The van der Waals surface area contributed by atoms with E-state index in [1.807, 2.05) is 0 Å². The molecule has 0 unspecified atom stereocenters. The van der Waals surface area contributed by atoms with Crippen LogP contribution in [0.2, 0.25) is 0 Å². The van der Waals surface area contributed by atoms with Crippen molar-refractivity contribution in [3.63, 3.8) is 0 Å². The van der Waals surface area contributed by atoms with Crippen molar-refractivity contribution < 1.29 is 69.2 Å². The fourth-order valence-corrected chi connectivity index (χ4v) is 5.62. The molecule has 0 saturated heterocycles. The predicted molar refractivity (Wildman–Crippen MR) is 206 cm³/mol. The number of carbonyl (C=O) groups excluding carboxylic acids is 1. The van der Waals surface area contributed by atoms with Crippen LogP contribution >= 0.6 is 0 Å². The summed E-state index contributed by atoms with van der Waals surface area (Å²) >= 11 is 0. The molecule has 6 aromatic heterocycles. The zero-order valence-corrected chi connectivity index (χ0v) is 32.7. The first kappa shape index (κ1) is 24.0. The molecule has 0 aliphatic heterocycles. The second kappa shape index (κ2) is 18.8. The Morgan fingerprint density at radius 2 is 1.43 bits per heavy atom. The van der Waals surface area contributed by atoms with Crippen molar-refractivity contribution in [2.75, 3.05) is 13.1 Å². The molecular formula is C40H47N12NaO3. The largest absolute Gasteiger partial charge is 1.00 e. The van der Waals surface area contributed by atoms with E-state index in [1.54, 1.807) is 49.9 Å². The first-order valence-electron chi connectivity index (χ1n) is 25.5. The van der Waals surface area contributed by atoms with Crippen molar-refractivity contribution in [3.8, 4) is 22.5 Å². The number of aromatic nitrogens is 10. The van der Waals surface area contributed by atoms with Crippen LogP contribution in [0.25, 0.3) is 54.3 Å².